The van der Waals surface area contributed by atoms with Gasteiger partial charge in [0.25, 0.3) is 11.7 Å². The van der Waals surface area contributed by atoms with E-state index < -0.39 is 11.9 Å². The van der Waals surface area contributed by atoms with Crippen molar-refractivity contribution in [2.75, 3.05) is 12.4 Å². The van der Waals surface area contributed by atoms with Gasteiger partial charge in [0, 0.05) is 13.6 Å². The molecule has 0 saturated carbocycles. The normalized spacial score (nSPS) is 10.5. The minimum atomic E-state index is -0.455. The van der Waals surface area contributed by atoms with Crippen LogP contribution in [0.25, 0.3) is 0 Å². The number of amides is 3. The number of hydrogen-bond donors (Lipinski definition) is 3. The Morgan fingerprint density at radius 3 is 2.71 bits per heavy atom. The van der Waals surface area contributed by atoms with E-state index in [1.54, 1.807) is 0 Å². The minimum Gasteiger partial charge on any atom is -0.352 e. The Hall–Kier alpha value is -2.91. The molecule has 24 heavy (non-hydrogen) atoms. The maximum absolute atomic E-state index is 12.0. The molecule has 0 fully saturated rings. The van der Waals surface area contributed by atoms with Gasteiger partial charge in [-0.3, -0.25) is 9.48 Å². The molecular weight excluding hydrogens is 314 g/mol. The first kappa shape index (κ1) is 17.4. The number of nitrogens with one attached hydrogen (secondary N) is 3. The Morgan fingerprint density at radius 1 is 1.29 bits per heavy atom. The molecule has 0 radical (unpaired) electrons. The molecular formula is C14H21N7O3. The van der Waals surface area contributed by atoms with Gasteiger partial charge < -0.3 is 20.5 Å². The molecule has 2 aromatic rings. The van der Waals surface area contributed by atoms with Crippen LogP contribution in [0.1, 0.15) is 41.2 Å². The van der Waals surface area contributed by atoms with Crippen molar-refractivity contribution in [3.63, 3.8) is 0 Å². The molecule has 10 heteroatoms. The van der Waals surface area contributed by atoms with Gasteiger partial charge in [0.15, 0.2) is 0 Å². The van der Waals surface area contributed by atoms with Crippen molar-refractivity contribution in [1.82, 2.24) is 30.6 Å². The Labute approximate surface area is 139 Å². The number of anilines is 1. The van der Waals surface area contributed by atoms with Crippen molar-refractivity contribution in [3.8, 4) is 0 Å². The molecule has 0 atom stereocenters. The quantitative estimate of drug-likeness (QED) is 0.722. The fourth-order valence-corrected chi connectivity index (χ4v) is 2.15. The van der Waals surface area contributed by atoms with Crippen LogP contribution in [0.15, 0.2) is 4.52 Å². The smallest absolute Gasteiger partial charge is 0.319 e. The molecule has 2 rings (SSSR count). The van der Waals surface area contributed by atoms with Crippen LogP contribution in [-0.4, -0.2) is 38.9 Å². The van der Waals surface area contributed by atoms with E-state index in [2.05, 4.69) is 38.1 Å². The second-order valence-electron chi connectivity index (χ2n) is 5.17. The molecule has 2 heterocycles. The average Bonchev–Trinajstić information content (AvgIpc) is 3.13. The number of aromatic nitrogens is 4. The largest absolute Gasteiger partial charge is 0.352 e. The van der Waals surface area contributed by atoms with Crippen LogP contribution in [0.4, 0.5) is 10.5 Å². The fourth-order valence-electron chi connectivity index (χ4n) is 2.15. The van der Waals surface area contributed by atoms with Gasteiger partial charge in [-0.2, -0.15) is 10.1 Å². The molecule has 0 bridgehead atoms. The van der Waals surface area contributed by atoms with Gasteiger partial charge >= 0.3 is 6.03 Å². The number of aryl methyl sites for hydroxylation is 2. The summed E-state index contributed by atoms with van der Waals surface area (Å²) in [6.45, 7) is 6.60. The third-order valence-electron chi connectivity index (χ3n) is 3.35. The minimum absolute atomic E-state index is 0.0109. The monoisotopic (exact) mass is 335 g/mol. The van der Waals surface area contributed by atoms with E-state index in [0.29, 0.717) is 5.69 Å². The van der Waals surface area contributed by atoms with Crippen molar-refractivity contribution in [2.45, 2.75) is 40.3 Å². The van der Waals surface area contributed by atoms with Gasteiger partial charge in [0.05, 0.1) is 23.6 Å². The summed E-state index contributed by atoms with van der Waals surface area (Å²) in [7, 11) is 1.47. The summed E-state index contributed by atoms with van der Waals surface area (Å²) >= 11 is 0. The Kier molecular flexibility index (Phi) is 5.51. The average molecular weight is 335 g/mol. The topological polar surface area (TPSA) is 127 Å². The van der Waals surface area contributed by atoms with Crippen molar-refractivity contribution in [1.29, 1.82) is 0 Å². The summed E-state index contributed by atoms with van der Waals surface area (Å²) in [6.07, 6.45) is 0.957. The van der Waals surface area contributed by atoms with Crippen LogP contribution in [0.2, 0.25) is 0 Å². The standard InChI is InChI=1S/C14H21N7O3/c1-5-6-21-9(3)11(8(2)19-21)18-14(23)16-7-10-17-12(20-24-10)13(22)15-4/h5-7H2,1-4H3,(H,15,22)(H2,16,18,23). The molecule has 2 aromatic heterocycles. The second kappa shape index (κ2) is 7.57. The predicted molar refractivity (Wildman–Crippen MR) is 85.5 cm³/mol. The molecule has 0 aromatic carbocycles. The van der Waals surface area contributed by atoms with Crippen LogP contribution in [0.3, 0.4) is 0 Å². The highest BCUT2D eigenvalue weighted by Gasteiger charge is 2.16. The van der Waals surface area contributed by atoms with Gasteiger partial charge in [-0.1, -0.05) is 12.1 Å². The van der Waals surface area contributed by atoms with Gasteiger partial charge in [-0.25, -0.2) is 4.79 Å². The lowest BCUT2D eigenvalue weighted by atomic mass is 10.3. The first-order valence-electron chi connectivity index (χ1n) is 7.59. The molecule has 10 nitrogen and oxygen atoms in total. The lowest BCUT2D eigenvalue weighted by Gasteiger charge is -2.07. The molecule has 0 saturated heterocycles. The molecule has 3 N–H and O–H groups in total. The zero-order valence-electron chi connectivity index (χ0n) is 14.1. The number of nitrogens with zero attached hydrogens (tertiary/aromatic N) is 4. The molecule has 3 amide bonds. The van der Waals surface area contributed by atoms with E-state index in [9.17, 15) is 9.59 Å². The molecule has 0 spiro atoms. The van der Waals surface area contributed by atoms with Crippen molar-refractivity contribution >= 4 is 17.6 Å². The van der Waals surface area contributed by atoms with Crippen LogP contribution in [-0.2, 0) is 13.1 Å². The molecule has 0 aliphatic heterocycles. The number of carbonyl (C=O) groups is 2. The van der Waals surface area contributed by atoms with Crippen molar-refractivity contribution < 1.29 is 14.1 Å². The molecule has 0 aliphatic carbocycles. The van der Waals surface area contributed by atoms with Crippen LogP contribution < -0.4 is 16.0 Å². The highest BCUT2D eigenvalue weighted by Crippen LogP contribution is 2.19. The zero-order chi connectivity index (χ0) is 17.7. The lowest BCUT2D eigenvalue weighted by molar-refractivity contribution is 0.0950. The highest BCUT2D eigenvalue weighted by atomic mass is 16.5. The van der Waals surface area contributed by atoms with E-state index in [1.165, 1.54) is 7.05 Å². The summed E-state index contributed by atoms with van der Waals surface area (Å²) < 4.78 is 6.75. The van der Waals surface area contributed by atoms with Gasteiger partial charge in [-0.05, 0) is 20.3 Å². The Balaban J connectivity index is 1.94. The molecule has 0 unspecified atom stereocenters. The van der Waals surface area contributed by atoms with E-state index in [0.717, 1.165) is 24.4 Å². The van der Waals surface area contributed by atoms with Gasteiger partial charge in [-0.15, -0.1) is 0 Å². The second-order valence-corrected chi connectivity index (χ2v) is 5.17. The maximum atomic E-state index is 12.0. The third kappa shape index (κ3) is 3.89. The predicted octanol–water partition coefficient (Wildman–Crippen LogP) is 0.974. The summed E-state index contributed by atoms with van der Waals surface area (Å²) in [5, 5.41) is 15.7. The number of hydrogen-bond acceptors (Lipinski definition) is 6. The SMILES string of the molecule is CCCn1nc(C)c(NC(=O)NCc2nc(C(=O)NC)no2)c1C. The first-order chi connectivity index (χ1) is 11.5. The Bertz CT molecular complexity index is 735. The van der Waals surface area contributed by atoms with Crippen LogP contribution in [0, 0.1) is 13.8 Å². The number of carbonyl (C=O) groups excluding carboxylic acids is 2. The summed E-state index contributed by atoms with van der Waals surface area (Å²) in [4.78, 5) is 27.2. The van der Waals surface area contributed by atoms with E-state index in [-0.39, 0.29) is 18.3 Å². The van der Waals surface area contributed by atoms with E-state index in [4.69, 9.17) is 4.52 Å². The van der Waals surface area contributed by atoms with Gasteiger partial charge in [0.2, 0.25) is 5.89 Å². The summed E-state index contributed by atoms with van der Waals surface area (Å²) in [5.74, 6) is -0.398. The van der Waals surface area contributed by atoms with Gasteiger partial charge in [0.1, 0.15) is 0 Å². The molecule has 0 aliphatic rings. The van der Waals surface area contributed by atoms with Crippen LogP contribution in [0.5, 0.6) is 0 Å². The number of rotatable bonds is 6. The van der Waals surface area contributed by atoms with Crippen LogP contribution >= 0.6 is 0 Å². The fraction of sp³-hybridized carbons (Fsp3) is 0.500. The maximum Gasteiger partial charge on any atom is 0.319 e. The summed E-state index contributed by atoms with van der Waals surface area (Å²) in [6, 6.07) is -0.419. The Morgan fingerprint density at radius 2 is 2.04 bits per heavy atom. The lowest BCUT2D eigenvalue weighted by Crippen LogP contribution is -2.29. The summed E-state index contributed by atoms with van der Waals surface area (Å²) in [5.41, 5.74) is 2.32. The van der Waals surface area contributed by atoms with E-state index >= 15 is 0 Å². The van der Waals surface area contributed by atoms with E-state index in [1.807, 2.05) is 18.5 Å². The molecule has 130 valence electrons. The highest BCUT2D eigenvalue weighted by molar-refractivity contribution is 5.91. The number of urea groups is 1. The zero-order valence-corrected chi connectivity index (χ0v) is 14.1. The van der Waals surface area contributed by atoms with Crippen molar-refractivity contribution in [3.05, 3.63) is 23.1 Å². The van der Waals surface area contributed by atoms with Crippen molar-refractivity contribution in [2.24, 2.45) is 0 Å². The first-order valence-corrected chi connectivity index (χ1v) is 7.59. The third-order valence-corrected chi connectivity index (χ3v) is 3.35.